The normalized spacial score (nSPS) is 10.4. The fourth-order valence-electron chi connectivity index (χ4n) is 1.42. The minimum absolute atomic E-state index is 0.0728. The Hall–Kier alpha value is -2.21. The second kappa shape index (κ2) is 5.92. The number of aromatic nitrogens is 2. The third-order valence-electron chi connectivity index (χ3n) is 2.29. The predicted octanol–water partition coefficient (Wildman–Crippen LogP) is 1.30. The lowest BCUT2D eigenvalue weighted by atomic mass is 10.2. The molecule has 1 heterocycles. The number of nitrogens with zero attached hydrogens (tertiary/aromatic N) is 2. The largest absolute Gasteiger partial charge is 0.481 e. The van der Waals surface area contributed by atoms with E-state index in [4.69, 9.17) is 9.63 Å². The summed E-state index contributed by atoms with van der Waals surface area (Å²) in [6.07, 6.45) is 0.0728. The van der Waals surface area contributed by atoms with Crippen LogP contribution in [-0.4, -0.2) is 27.8 Å². The van der Waals surface area contributed by atoms with Gasteiger partial charge in [-0.05, 0) is 12.1 Å². The van der Waals surface area contributed by atoms with Crippen LogP contribution in [0.4, 0.5) is 0 Å². The van der Waals surface area contributed by atoms with Gasteiger partial charge in [-0.25, -0.2) is 0 Å². The molecule has 0 radical (unpaired) electrons. The highest BCUT2D eigenvalue weighted by Gasteiger charge is 2.07. The molecule has 0 aliphatic rings. The summed E-state index contributed by atoms with van der Waals surface area (Å²) < 4.78 is 5.11. The number of rotatable bonds is 6. The zero-order valence-corrected chi connectivity index (χ0v) is 9.67. The summed E-state index contributed by atoms with van der Waals surface area (Å²) in [7, 11) is 0. The maximum absolute atomic E-state index is 10.3. The Balaban J connectivity index is 1.89. The first-order valence-electron chi connectivity index (χ1n) is 5.56. The molecule has 1 aromatic heterocycles. The first kappa shape index (κ1) is 12.3. The van der Waals surface area contributed by atoms with Crippen molar-refractivity contribution in [2.75, 3.05) is 6.54 Å². The Kier molecular flexibility index (Phi) is 4.03. The number of carbonyl (C=O) groups is 1. The smallest absolute Gasteiger partial charge is 0.304 e. The van der Waals surface area contributed by atoms with Crippen molar-refractivity contribution in [3.63, 3.8) is 0 Å². The number of aliphatic carboxylic acids is 1. The van der Waals surface area contributed by atoms with Crippen molar-refractivity contribution in [3.05, 3.63) is 36.2 Å². The third-order valence-corrected chi connectivity index (χ3v) is 2.29. The number of carboxylic acid groups (broad SMARTS) is 1. The van der Waals surface area contributed by atoms with Crippen molar-refractivity contribution in [2.24, 2.45) is 0 Å². The quantitative estimate of drug-likeness (QED) is 0.748. The van der Waals surface area contributed by atoms with Gasteiger partial charge in [-0.15, -0.1) is 0 Å². The van der Waals surface area contributed by atoms with Crippen molar-refractivity contribution in [1.82, 2.24) is 15.5 Å². The Morgan fingerprint density at radius 3 is 2.83 bits per heavy atom. The highest BCUT2D eigenvalue weighted by Crippen LogP contribution is 2.15. The second-order valence-corrected chi connectivity index (χ2v) is 3.70. The minimum Gasteiger partial charge on any atom is -0.481 e. The average Bonchev–Trinajstić information content (AvgIpc) is 2.84. The van der Waals surface area contributed by atoms with E-state index in [-0.39, 0.29) is 6.42 Å². The van der Waals surface area contributed by atoms with E-state index in [0.29, 0.717) is 24.8 Å². The van der Waals surface area contributed by atoms with E-state index in [1.165, 1.54) is 0 Å². The summed E-state index contributed by atoms with van der Waals surface area (Å²) in [5, 5.41) is 15.2. The number of carboxylic acids is 1. The molecule has 0 aliphatic carbocycles. The fourth-order valence-corrected chi connectivity index (χ4v) is 1.42. The lowest BCUT2D eigenvalue weighted by molar-refractivity contribution is -0.136. The molecule has 1 aromatic carbocycles. The van der Waals surface area contributed by atoms with Gasteiger partial charge >= 0.3 is 5.97 Å². The van der Waals surface area contributed by atoms with Gasteiger partial charge in [-0.1, -0.05) is 23.4 Å². The molecule has 18 heavy (non-hydrogen) atoms. The SMILES string of the molecule is O=C(O)CCNCc1noc(-c2ccccc2)n1. The van der Waals surface area contributed by atoms with E-state index >= 15 is 0 Å². The Morgan fingerprint density at radius 1 is 1.33 bits per heavy atom. The lowest BCUT2D eigenvalue weighted by Gasteiger charge is -1.97. The molecule has 0 fully saturated rings. The van der Waals surface area contributed by atoms with E-state index in [1.807, 2.05) is 30.3 Å². The lowest BCUT2D eigenvalue weighted by Crippen LogP contribution is -2.18. The molecule has 0 unspecified atom stereocenters. The summed E-state index contributed by atoms with van der Waals surface area (Å²) >= 11 is 0. The van der Waals surface area contributed by atoms with Gasteiger partial charge in [0.15, 0.2) is 5.82 Å². The van der Waals surface area contributed by atoms with Crippen molar-refractivity contribution in [1.29, 1.82) is 0 Å². The average molecular weight is 247 g/mol. The van der Waals surface area contributed by atoms with Gasteiger partial charge in [0.2, 0.25) is 0 Å². The van der Waals surface area contributed by atoms with E-state index < -0.39 is 5.97 Å². The Morgan fingerprint density at radius 2 is 2.11 bits per heavy atom. The summed E-state index contributed by atoms with van der Waals surface area (Å²) in [4.78, 5) is 14.5. The summed E-state index contributed by atoms with van der Waals surface area (Å²) in [5.41, 5.74) is 0.863. The molecule has 94 valence electrons. The van der Waals surface area contributed by atoms with Crippen LogP contribution in [0.15, 0.2) is 34.9 Å². The first-order valence-corrected chi connectivity index (χ1v) is 5.56. The minimum atomic E-state index is -0.833. The van der Waals surface area contributed by atoms with Crippen LogP contribution in [0.1, 0.15) is 12.2 Å². The maximum atomic E-state index is 10.3. The molecule has 0 atom stereocenters. The Labute approximate surface area is 104 Å². The van der Waals surface area contributed by atoms with E-state index in [2.05, 4.69) is 15.5 Å². The summed E-state index contributed by atoms with van der Waals surface area (Å²) in [5.74, 6) is 0.144. The summed E-state index contributed by atoms with van der Waals surface area (Å²) in [6.45, 7) is 0.772. The zero-order chi connectivity index (χ0) is 12.8. The van der Waals surface area contributed by atoms with E-state index in [0.717, 1.165) is 5.56 Å². The van der Waals surface area contributed by atoms with Gasteiger partial charge in [0.05, 0.1) is 13.0 Å². The predicted molar refractivity (Wildman–Crippen MR) is 63.7 cm³/mol. The highest BCUT2D eigenvalue weighted by atomic mass is 16.5. The molecule has 0 saturated carbocycles. The van der Waals surface area contributed by atoms with Gasteiger partial charge in [0.1, 0.15) is 0 Å². The van der Waals surface area contributed by atoms with Crippen LogP contribution < -0.4 is 5.32 Å². The number of hydrogen-bond acceptors (Lipinski definition) is 5. The standard InChI is InChI=1S/C12H13N3O3/c16-11(17)6-7-13-8-10-14-12(18-15-10)9-4-2-1-3-5-9/h1-5,13H,6-8H2,(H,16,17). The summed E-state index contributed by atoms with van der Waals surface area (Å²) in [6, 6.07) is 9.47. The van der Waals surface area contributed by atoms with Gasteiger partial charge in [-0.2, -0.15) is 4.98 Å². The topological polar surface area (TPSA) is 88.2 Å². The first-order chi connectivity index (χ1) is 8.75. The van der Waals surface area contributed by atoms with Crippen molar-refractivity contribution < 1.29 is 14.4 Å². The molecular weight excluding hydrogens is 234 g/mol. The number of benzene rings is 1. The second-order valence-electron chi connectivity index (χ2n) is 3.70. The number of hydrogen-bond donors (Lipinski definition) is 2. The van der Waals surface area contributed by atoms with E-state index in [1.54, 1.807) is 0 Å². The highest BCUT2D eigenvalue weighted by molar-refractivity contribution is 5.66. The van der Waals surface area contributed by atoms with Crippen molar-refractivity contribution >= 4 is 5.97 Å². The van der Waals surface area contributed by atoms with Crippen LogP contribution in [0.25, 0.3) is 11.5 Å². The molecule has 0 saturated heterocycles. The maximum Gasteiger partial charge on any atom is 0.304 e. The van der Waals surface area contributed by atoms with Crippen LogP contribution in [-0.2, 0) is 11.3 Å². The van der Waals surface area contributed by atoms with Gasteiger partial charge in [0.25, 0.3) is 5.89 Å². The van der Waals surface area contributed by atoms with Crippen molar-refractivity contribution in [2.45, 2.75) is 13.0 Å². The molecule has 0 amide bonds. The van der Waals surface area contributed by atoms with Gasteiger partial charge in [-0.3, -0.25) is 4.79 Å². The molecule has 0 aliphatic heterocycles. The molecule has 2 aromatic rings. The fraction of sp³-hybridized carbons (Fsp3) is 0.250. The van der Waals surface area contributed by atoms with Gasteiger partial charge < -0.3 is 14.9 Å². The van der Waals surface area contributed by atoms with E-state index in [9.17, 15) is 4.79 Å². The van der Waals surface area contributed by atoms with Crippen LogP contribution >= 0.6 is 0 Å². The van der Waals surface area contributed by atoms with Crippen LogP contribution in [0.5, 0.6) is 0 Å². The van der Waals surface area contributed by atoms with Crippen LogP contribution in [0, 0.1) is 0 Å². The van der Waals surface area contributed by atoms with Gasteiger partial charge in [0, 0.05) is 12.1 Å². The van der Waals surface area contributed by atoms with Crippen LogP contribution in [0.3, 0.4) is 0 Å². The molecule has 0 bridgehead atoms. The number of nitrogens with one attached hydrogen (secondary N) is 1. The third kappa shape index (κ3) is 3.39. The van der Waals surface area contributed by atoms with Crippen LogP contribution in [0.2, 0.25) is 0 Å². The molecule has 2 N–H and O–H groups in total. The molecule has 6 heteroatoms. The monoisotopic (exact) mass is 247 g/mol. The molecule has 0 spiro atoms. The molecule has 2 rings (SSSR count). The molecule has 6 nitrogen and oxygen atoms in total. The zero-order valence-electron chi connectivity index (χ0n) is 9.67. The Bertz CT molecular complexity index is 510. The molecular formula is C12H13N3O3. The van der Waals surface area contributed by atoms with Crippen molar-refractivity contribution in [3.8, 4) is 11.5 Å².